The minimum atomic E-state index is -0.236. The van der Waals surface area contributed by atoms with Gasteiger partial charge < -0.3 is 15.8 Å². The van der Waals surface area contributed by atoms with E-state index in [0.29, 0.717) is 32.4 Å². The maximum Gasteiger partial charge on any atom is 0.305 e. The van der Waals surface area contributed by atoms with Crippen molar-refractivity contribution >= 4 is 24.3 Å². The molecule has 6 heteroatoms. The number of methoxy groups -OCH3 is 1. The fourth-order valence-corrected chi connectivity index (χ4v) is 2.72. The normalized spacial score (nSPS) is 16.9. The largest absolute Gasteiger partial charge is 0.469 e. The van der Waals surface area contributed by atoms with E-state index in [0.717, 1.165) is 12.8 Å². The lowest BCUT2D eigenvalue weighted by molar-refractivity contribution is -0.140. The highest BCUT2D eigenvalue weighted by molar-refractivity contribution is 5.85. The molecule has 1 aliphatic carbocycles. The number of halogens is 1. The van der Waals surface area contributed by atoms with Gasteiger partial charge >= 0.3 is 5.97 Å². The molecule has 0 aromatic rings. The van der Waals surface area contributed by atoms with Crippen LogP contribution in [0.4, 0.5) is 0 Å². The first-order valence-corrected chi connectivity index (χ1v) is 7.15. The average Bonchev–Trinajstić information content (AvgIpc) is 2.44. The lowest BCUT2D eigenvalue weighted by Gasteiger charge is -2.35. The van der Waals surface area contributed by atoms with Crippen LogP contribution in [0.1, 0.15) is 51.4 Å². The number of hydrogen-bond acceptors (Lipinski definition) is 4. The number of ether oxygens (including phenoxy) is 1. The van der Waals surface area contributed by atoms with Crippen molar-refractivity contribution in [1.29, 1.82) is 0 Å². The summed E-state index contributed by atoms with van der Waals surface area (Å²) >= 11 is 0. The molecule has 20 heavy (non-hydrogen) atoms. The van der Waals surface area contributed by atoms with Gasteiger partial charge in [0.1, 0.15) is 0 Å². The third kappa shape index (κ3) is 6.57. The Morgan fingerprint density at radius 1 is 1.25 bits per heavy atom. The SMILES string of the molecule is COC(=O)CCCNC(=O)CC1(CN)CCCCC1.Cl. The van der Waals surface area contributed by atoms with E-state index < -0.39 is 0 Å². The fourth-order valence-electron chi connectivity index (χ4n) is 2.72. The van der Waals surface area contributed by atoms with Gasteiger partial charge in [-0.25, -0.2) is 0 Å². The Hall–Kier alpha value is -0.810. The zero-order valence-electron chi connectivity index (χ0n) is 12.3. The summed E-state index contributed by atoms with van der Waals surface area (Å²) < 4.78 is 4.54. The van der Waals surface area contributed by atoms with Crippen molar-refractivity contribution in [3.05, 3.63) is 0 Å². The Kier molecular flexibility index (Phi) is 9.59. The Morgan fingerprint density at radius 2 is 1.90 bits per heavy atom. The van der Waals surface area contributed by atoms with E-state index in [1.54, 1.807) is 0 Å². The Balaban J connectivity index is 0.00000361. The number of carbonyl (C=O) groups excluding carboxylic acids is 2. The number of rotatable bonds is 7. The summed E-state index contributed by atoms with van der Waals surface area (Å²) in [6.07, 6.45) is 7.19. The molecule has 0 radical (unpaired) electrons. The first kappa shape index (κ1) is 19.2. The van der Waals surface area contributed by atoms with Crippen molar-refractivity contribution in [2.45, 2.75) is 51.4 Å². The molecule has 1 rings (SSSR count). The molecule has 0 heterocycles. The van der Waals surface area contributed by atoms with E-state index in [2.05, 4.69) is 10.1 Å². The lowest BCUT2D eigenvalue weighted by Crippen LogP contribution is -2.38. The van der Waals surface area contributed by atoms with Gasteiger partial charge in [-0.15, -0.1) is 12.4 Å². The third-order valence-electron chi connectivity index (χ3n) is 3.99. The molecule has 0 saturated heterocycles. The van der Waals surface area contributed by atoms with Gasteiger partial charge in [-0.05, 0) is 31.2 Å². The Morgan fingerprint density at radius 3 is 2.45 bits per heavy atom. The second-order valence-electron chi connectivity index (χ2n) is 5.47. The van der Waals surface area contributed by atoms with E-state index in [-0.39, 0.29) is 29.7 Å². The molecule has 0 aromatic carbocycles. The molecule has 0 spiro atoms. The molecule has 1 aliphatic rings. The maximum absolute atomic E-state index is 11.9. The first-order valence-electron chi connectivity index (χ1n) is 7.15. The van der Waals surface area contributed by atoms with E-state index in [1.165, 1.54) is 26.4 Å². The van der Waals surface area contributed by atoms with Crippen LogP contribution < -0.4 is 11.1 Å². The Labute approximate surface area is 127 Å². The van der Waals surface area contributed by atoms with Gasteiger partial charge in [0, 0.05) is 19.4 Å². The molecule has 5 nitrogen and oxygen atoms in total. The van der Waals surface area contributed by atoms with Crippen molar-refractivity contribution in [3.8, 4) is 0 Å². The van der Waals surface area contributed by atoms with Crippen LogP contribution in [0.25, 0.3) is 0 Å². The van der Waals surface area contributed by atoms with E-state index >= 15 is 0 Å². The lowest BCUT2D eigenvalue weighted by atomic mass is 9.71. The molecule has 0 aromatic heterocycles. The van der Waals surface area contributed by atoms with Crippen molar-refractivity contribution < 1.29 is 14.3 Å². The van der Waals surface area contributed by atoms with E-state index in [4.69, 9.17) is 5.73 Å². The number of carbonyl (C=O) groups is 2. The van der Waals surface area contributed by atoms with Crippen LogP contribution in [-0.4, -0.2) is 32.1 Å². The molecule has 0 aliphatic heterocycles. The van der Waals surface area contributed by atoms with Crippen LogP contribution >= 0.6 is 12.4 Å². The highest BCUT2D eigenvalue weighted by atomic mass is 35.5. The first-order chi connectivity index (χ1) is 9.12. The smallest absolute Gasteiger partial charge is 0.305 e. The number of esters is 1. The second-order valence-corrected chi connectivity index (χ2v) is 5.47. The fraction of sp³-hybridized carbons (Fsp3) is 0.857. The molecular formula is C14H27ClN2O3. The van der Waals surface area contributed by atoms with Crippen LogP contribution in [0, 0.1) is 5.41 Å². The van der Waals surface area contributed by atoms with Gasteiger partial charge in [0.15, 0.2) is 0 Å². The molecule has 0 atom stereocenters. The summed E-state index contributed by atoms with van der Waals surface area (Å²) in [7, 11) is 1.37. The topological polar surface area (TPSA) is 81.4 Å². The molecule has 1 saturated carbocycles. The molecule has 118 valence electrons. The van der Waals surface area contributed by atoms with Gasteiger partial charge in [0.25, 0.3) is 0 Å². The number of nitrogens with two attached hydrogens (primary N) is 1. The van der Waals surface area contributed by atoms with Crippen LogP contribution in [0.3, 0.4) is 0 Å². The van der Waals surface area contributed by atoms with Gasteiger partial charge in [-0.2, -0.15) is 0 Å². The monoisotopic (exact) mass is 306 g/mol. The summed E-state index contributed by atoms with van der Waals surface area (Å²) in [6.45, 7) is 1.11. The molecule has 1 amide bonds. The molecular weight excluding hydrogens is 280 g/mol. The molecule has 0 bridgehead atoms. The van der Waals surface area contributed by atoms with Gasteiger partial charge in [-0.1, -0.05) is 19.3 Å². The zero-order valence-corrected chi connectivity index (χ0v) is 13.1. The summed E-state index contributed by atoms with van der Waals surface area (Å²) in [5, 5.41) is 2.87. The van der Waals surface area contributed by atoms with Gasteiger partial charge in [-0.3, -0.25) is 9.59 Å². The highest BCUT2D eigenvalue weighted by Crippen LogP contribution is 2.38. The van der Waals surface area contributed by atoms with E-state index in [9.17, 15) is 9.59 Å². The van der Waals surface area contributed by atoms with Crippen LogP contribution in [0.2, 0.25) is 0 Å². The molecule has 3 N–H and O–H groups in total. The number of amides is 1. The van der Waals surface area contributed by atoms with Crippen molar-refractivity contribution in [3.63, 3.8) is 0 Å². The minimum Gasteiger partial charge on any atom is -0.469 e. The summed E-state index contributed by atoms with van der Waals surface area (Å²) in [5.41, 5.74) is 5.86. The molecule has 1 fully saturated rings. The highest BCUT2D eigenvalue weighted by Gasteiger charge is 2.32. The maximum atomic E-state index is 11.9. The Bertz CT molecular complexity index is 305. The summed E-state index contributed by atoms with van der Waals surface area (Å²) in [4.78, 5) is 22.8. The quantitative estimate of drug-likeness (QED) is 0.555. The van der Waals surface area contributed by atoms with Crippen LogP contribution in [0.5, 0.6) is 0 Å². The van der Waals surface area contributed by atoms with Crippen molar-refractivity contribution in [1.82, 2.24) is 5.32 Å². The molecule has 0 unspecified atom stereocenters. The summed E-state index contributed by atoms with van der Waals surface area (Å²) in [6, 6.07) is 0. The average molecular weight is 307 g/mol. The minimum absolute atomic E-state index is 0. The van der Waals surface area contributed by atoms with E-state index in [1.807, 2.05) is 0 Å². The zero-order chi connectivity index (χ0) is 14.1. The summed E-state index contributed by atoms with van der Waals surface area (Å²) in [5.74, 6) is -0.183. The van der Waals surface area contributed by atoms with Crippen LogP contribution in [-0.2, 0) is 14.3 Å². The third-order valence-corrected chi connectivity index (χ3v) is 3.99. The van der Waals surface area contributed by atoms with Crippen molar-refractivity contribution in [2.75, 3.05) is 20.2 Å². The predicted octanol–water partition coefficient (Wildman–Crippen LogP) is 1.78. The van der Waals surface area contributed by atoms with Gasteiger partial charge in [0.05, 0.1) is 7.11 Å². The second kappa shape index (κ2) is 10.00. The standard InChI is InChI=1S/C14H26N2O3.ClH/c1-19-13(18)6-5-9-16-12(17)10-14(11-15)7-3-2-4-8-14;/h2-11,15H2,1H3,(H,16,17);1H. The van der Waals surface area contributed by atoms with Crippen LogP contribution in [0.15, 0.2) is 0 Å². The van der Waals surface area contributed by atoms with Crippen molar-refractivity contribution in [2.24, 2.45) is 11.1 Å². The van der Waals surface area contributed by atoms with Gasteiger partial charge in [0.2, 0.25) is 5.91 Å². The number of hydrogen-bond donors (Lipinski definition) is 2. The predicted molar refractivity (Wildman–Crippen MR) is 80.7 cm³/mol. The number of nitrogens with one attached hydrogen (secondary N) is 1.